The van der Waals surface area contributed by atoms with Crippen molar-refractivity contribution in [3.05, 3.63) is 65.2 Å². The molecule has 7 heteroatoms. The summed E-state index contributed by atoms with van der Waals surface area (Å²) in [5, 5.41) is 9.84. The van der Waals surface area contributed by atoms with Gasteiger partial charge in [-0.1, -0.05) is 24.3 Å². The summed E-state index contributed by atoms with van der Waals surface area (Å²) in [5.41, 5.74) is 6.91. The number of hydrogen-bond acceptors (Lipinski definition) is 4. The Morgan fingerprint density at radius 1 is 0.893 bits per heavy atom. The molecule has 3 amide bonds. The largest absolute Gasteiger partial charge is 0.507 e. The van der Waals surface area contributed by atoms with Crippen LogP contribution in [0.25, 0.3) is 0 Å². The number of piperazine rings is 1. The molecule has 0 saturated carbocycles. The number of aromatic hydroxyl groups is 1. The first kappa shape index (κ1) is 19.4. The van der Waals surface area contributed by atoms with Gasteiger partial charge in [-0.2, -0.15) is 0 Å². The number of primary amides is 1. The molecule has 0 aliphatic carbocycles. The van der Waals surface area contributed by atoms with Gasteiger partial charge >= 0.3 is 0 Å². The second kappa shape index (κ2) is 8.56. The van der Waals surface area contributed by atoms with Crippen LogP contribution < -0.4 is 5.73 Å². The van der Waals surface area contributed by atoms with Crippen LogP contribution in [0.5, 0.6) is 5.75 Å². The van der Waals surface area contributed by atoms with Gasteiger partial charge in [0.05, 0.1) is 5.56 Å². The Kier molecular flexibility index (Phi) is 5.93. The summed E-state index contributed by atoms with van der Waals surface area (Å²) in [6, 6.07) is 13.4. The lowest BCUT2D eigenvalue weighted by Gasteiger charge is -2.35. The number of amides is 3. The van der Waals surface area contributed by atoms with Crippen molar-refractivity contribution in [2.45, 2.75) is 12.8 Å². The summed E-state index contributed by atoms with van der Waals surface area (Å²) in [4.78, 5) is 39.5. The smallest absolute Gasteiger partial charge is 0.257 e. The van der Waals surface area contributed by atoms with E-state index in [0.717, 1.165) is 5.56 Å². The number of benzene rings is 2. The number of nitrogens with two attached hydrogens (primary N) is 1. The standard InChI is InChI=1S/C21H23N3O4/c22-20(27)16-8-5-15(6-9-16)7-10-19(26)23-11-13-24(14-12-23)21(28)17-3-1-2-4-18(17)25/h1-6,8-9,25H,7,10-14H2,(H2,22,27). The molecule has 0 unspecified atom stereocenters. The zero-order valence-electron chi connectivity index (χ0n) is 15.5. The molecule has 7 nitrogen and oxygen atoms in total. The Hall–Kier alpha value is -3.35. The summed E-state index contributed by atoms with van der Waals surface area (Å²) in [5.74, 6) is -0.694. The predicted molar refractivity (Wildman–Crippen MR) is 104 cm³/mol. The van der Waals surface area contributed by atoms with E-state index in [-0.39, 0.29) is 23.1 Å². The molecule has 1 saturated heterocycles. The maximum absolute atomic E-state index is 12.5. The van der Waals surface area contributed by atoms with Crippen molar-refractivity contribution in [2.24, 2.45) is 5.73 Å². The van der Waals surface area contributed by atoms with Crippen LogP contribution in [0.1, 0.15) is 32.7 Å². The number of carbonyl (C=O) groups excluding carboxylic acids is 3. The molecule has 0 bridgehead atoms. The topological polar surface area (TPSA) is 104 Å². The average Bonchev–Trinajstić information content (AvgIpc) is 2.72. The van der Waals surface area contributed by atoms with Gasteiger partial charge in [-0.15, -0.1) is 0 Å². The first-order valence-electron chi connectivity index (χ1n) is 9.19. The highest BCUT2D eigenvalue weighted by molar-refractivity contribution is 5.97. The van der Waals surface area contributed by atoms with Gasteiger partial charge in [-0.3, -0.25) is 14.4 Å². The van der Waals surface area contributed by atoms with Crippen molar-refractivity contribution in [3.8, 4) is 5.75 Å². The fourth-order valence-electron chi connectivity index (χ4n) is 3.23. The SMILES string of the molecule is NC(=O)c1ccc(CCC(=O)N2CCN(C(=O)c3ccccc3O)CC2)cc1. The summed E-state index contributed by atoms with van der Waals surface area (Å²) in [6.45, 7) is 1.82. The molecule has 1 heterocycles. The molecule has 1 aliphatic rings. The fourth-order valence-corrected chi connectivity index (χ4v) is 3.23. The van der Waals surface area contributed by atoms with Gasteiger partial charge in [-0.05, 0) is 36.2 Å². The molecule has 2 aromatic carbocycles. The molecule has 146 valence electrons. The minimum atomic E-state index is -0.473. The van der Waals surface area contributed by atoms with Crippen LogP contribution in [0.2, 0.25) is 0 Å². The minimum Gasteiger partial charge on any atom is -0.507 e. The van der Waals surface area contributed by atoms with Gasteiger partial charge in [-0.25, -0.2) is 0 Å². The number of nitrogens with zero attached hydrogens (tertiary/aromatic N) is 2. The van der Waals surface area contributed by atoms with Gasteiger partial charge in [0.1, 0.15) is 5.75 Å². The first-order chi connectivity index (χ1) is 13.5. The van der Waals surface area contributed by atoms with Gasteiger partial charge in [0.15, 0.2) is 0 Å². The molecule has 1 aliphatic heterocycles. The van der Waals surface area contributed by atoms with Crippen molar-refractivity contribution in [1.82, 2.24) is 9.80 Å². The number of phenols is 1. The Morgan fingerprint density at radius 2 is 1.50 bits per heavy atom. The second-order valence-corrected chi connectivity index (χ2v) is 6.75. The van der Waals surface area contributed by atoms with E-state index < -0.39 is 5.91 Å². The summed E-state index contributed by atoms with van der Waals surface area (Å²) >= 11 is 0. The molecule has 0 aromatic heterocycles. The highest BCUT2D eigenvalue weighted by Crippen LogP contribution is 2.19. The summed E-state index contributed by atoms with van der Waals surface area (Å²) < 4.78 is 0. The monoisotopic (exact) mass is 381 g/mol. The van der Waals surface area contributed by atoms with E-state index in [2.05, 4.69) is 0 Å². The lowest BCUT2D eigenvalue weighted by Crippen LogP contribution is -2.50. The maximum Gasteiger partial charge on any atom is 0.257 e. The highest BCUT2D eigenvalue weighted by atomic mass is 16.3. The number of aryl methyl sites for hydroxylation is 1. The normalized spacial score (nSPS) is 14.0. The van der Waals surface area contributed by atoms with Crippen molar-refractivity contribution < 1.29 is 19.5 Å². The first-order valence-corrected chi connectivity index (χ1v) is 9.19. The lowest BCUT2D eigenvalue weighted by atomic mass is 10.1. The Bertz CT molecular complexity index is 871. The highest BCUT2D eigenvalue weighted by Gasteiger charge is 2.25. The van der Waals surface area contributed by atoms with Crippen molar-refractivity contribution in [3.63, 3.8) is 0 Å². The Labute approximate surface area is 163 Å². The third-order valence-corrected chi connectivity index (χ3v) is 4.92. The summed E-state index contributed by atoms with van der Waals surface area (Å²) in [7, 11) is 0. The number of carbonyl (C=O) groups is 3. The predicted octanol–water partition coefficient (Wildman–Crippen LogP) is 1.41. The quantitative estimate of drug-likeness (QED) is 0.817. The second-order valence-electron chi connectivity index (χ2n) is 6.75. The average molecular weight is 381 g/mol. The van der Waals surface area contributed by atoms with E-state index in [0.29, 0.717) is 44.6 Å². The molecule has 3 N–H and O–H groups in total. The minimum absolute atomic E-state index is 0.0339. The van der Waals surface area contributed by atoms with Gasteiger partial charge in [0.25, 0.3) is 5.91 Å². The molecule has 1 fully saturated rings. The molecule has 0 radical (unpaired) electrons. The molecule has 0 atom stereocenters. The van der Waals surface area contributed by atoms with Gasteiger partial charge < -0.3 is 20.6 Å². The van der Waals surface area contributed by atoms with E-state index in [1.165, 1.54) is 6.07 Å². The molecular weight excluding hydrogens is 358 g/mol. The number of phenolic OH excluding ortho intramolecular Hbond substituents is 1. The summed E-state index contributed by atoms with van der Waals surface area (Å²) in [6.07, 6.45) is 0.943. The van der Waals surface area contributed by atoms with Crippen LogP contribution in [0, 0.1) is 0 Å². The van der Waals surface area contributed by atoms with Crippen LogP contribution in [-0.4, -0.2) is 58.8 Å². The van der Waals surface area contributed by atoms with E-state index in [1.807, 2.05) is 0 Å². The molecule has 2 aromatic rings. The molecule has 28 heavy (non-hydrogen) atoms. The van der Waals surface area contributed by atoms with Gasteiger partial charge in [0, 0.05) is 38.2 Å². The number of rotatable bonds is 5. The van der Waals surface area contributed by atoms with Crippen LogP contribution in [0.4, 0.5) is 0 Å². The third kappa shape index (κ3) is 4.49. The third-order valence-electron chi connectivity index (χ3n) is 4.92. The molecule has 0 spiro atoms. The van der Waals surface area contributed by atoms with Crippen LogP contribution in [-0.2, 0) is 11.2 Å². The zero-order chi connectivity index (χ0) is 20.1. The van der Waals surface area contributed by atoms with E-state index in [9.17, 15) is 19.5 Å². The van der Waals surface area contributed by atoms with Crippen molar-refractivity contribution >= 4 is 17.7 Å². The Morgan fingerprint density at radius 3 is 2.11 bits per heavy atom. The van der Waals surface area contributed by atoms with Crippen molar-refractivity contribution in [2.75, 3.05) is 26.2 Å². The molecular formula is C21H23N3O4. The zero-order valence-corrected chi connectivity index (χ0v) is 15.5. The van der Waals surface area contributed by atoms with Crippen molar-refractivity contribution in [1.29, 1.82) is 0 Å². The fraction of sp³-hybridized carbons (Fsp3) is 0.286. The number of hydrogen-bond donors (Lipinski definition) is 2. The van der Waals surface area contributed by atoms with Crippen LogP contribution >= 0.6 is 0 Å². The van der Waals surface area contributed by atoms with E-state index in [1.54, 1.807) is 52.3 Å². The Balaban J connectivity index is 1.49. The van der Waals surface area contributed by atoms with Gasteiger partial charge in [0.2, 0.25) is 11.8 Å². The lowest BCUT2D eigenvalue weighted by molar-refractivity contribution is -0.132. The molecule has 3 rings (SSSR count). The van der Waals surface area contributed by atoms with E-state index in [4.69, 9.17) is 5.73 Å². The number of para-hydroxylation sites is 1. The van der Waals surface area contributed by atoms with Crippen LogP contribution in [0.15, 0.2) is 48.5 Å². The van der Waals surface area contributed by atoms with E-state index >= 15 is 0 Å². The maximum atomic E-state index is 12.5. The van der Waals surface area contributed by atoms with Crippen LogP contribution in [0.3, 0.4) is 0 Å².